The van der Waals surface area contributed by atoms with Crippen molar-refractivity contribution in [1.29, 1.82) is 0 Å². The minimum Gasteiger partial charge on any atom is -0.395 e. The third kappa shape index (κ3) is 3.21. The van der Waals surface area contributed by atoms with Crippen LogP contribution in [-0.4, -0.2) is 41.3 Å². The van der Waals surface area contributed by atoms with E-state index >= 15 is 0 Å². The molecule has 1 aromatic heterocycles. The largest absolute Gasteiger partial charge is 0.395 e. The Bertz CT molecular complexity index is 883. The standard InChI is InChI=1S/C19H21N5O/c25-12-10-21-18-15-6-2-4-8-17(15)22-19(23-18)24-11-9-20-16-7-3-1-5-14(16)13-24/h1-8,20,25H,9-13H2,(H,21,22,23). The molecule has 0 radical (unpaired) electrons. The molecule has 0 amide bonds. The molecule has 6 heteroatoms. The van der Waals surface area contributed by atoms with E-state index in [0.717, 1.165) is 36.4 Å². The maximum Gasteiger partial charge on any atom is 0.228 e. The number of para-hydroxylation sites is 2. The first-order valence-corrected chi connectivity index (χ1v) is 8.53. The number of anilines is 3. The Morgan fingerprint density at radius 2 is 1.92 bits per heavy atom. The van der Waals surface area contributed by atoms with E-state index in [2.05, 4.69) is 33.7 Å². The van der Waals surface area contributed by atoms with Crippen LogP contribution >= 0.6 is 0 Å². The summed E-state index contributed by atoms with van der Waals surface area (Å²) in [4.78, 5) is 11.7. The molecular weight excluding hydrogens is 314 g/mol. The second kappa shape index (κ2) is 6.94. The van der Waals surface area contributed by atoms with E-state index < -0.39 is 0 Å². The van der Waals surface area contributed by atoms with Crippen molar-refractivity contribution in [3.8, 4) is 0 Å². The van der Waals surface area contributed by atoms with Gasteiger partial charge in [-0.3, -0.25) is 0 Å². The summed E-state index contributed by atoms with van der Waals surface area (Å²) in [5.41, 5.74) is 3.31. The molecule has 128 valence electrons. The van der Waals surface area contributed by atoms with Gasteiger partial charge >= 0.3 is 0 Å². The molecule has 1 aliphatic heterocycles. The van der Waals surface area contributed by atoms with Gasteiger partial charge in [-0.05, 0) is 23.8 Å². The number of fused-ring (bicyclic) bond motifs is 2. The highest BCUT2D eigenvalue weighted by Crippen LogP contribution is 2.26. The zero-order valence-electron chi connectivity index (χ0n) is 13.9. The van der Waals surface area contributed by atoms with Crippen molar-refractivity contribution in [3.63, 3.8) is 0 Å². The Labute approximate surface area is 146 Å². The molecular formula is C19H21N5O. The van der Waals surface area contributed by atoms with Crippen LogP contribution in [0.25, 0.3) is 10.9 Å². The lowest BCUT2D eigenvalue weighted by Crippen LogP contribution is -2.27. The van der Waals surface area contributed by atoms with Crippen LogP contribution < -0.4 is 15.5 Å². The fraction of sp³-hybridized carbons (Fsp3) is 0.263. The van der Waals surface area contributed by atoms with Gasteiger partial charge in [-0.2, -0.15) is 4.98 Å². The van der Waals surface area contributed by atoms with Crippen LogP contribution in [0.15, 0.2) is 48.5 Å². The highest BCUT2D eigenvalue weighted by atomic mass is 16.3. The summed E-state index contributed by atoms with van der Waals surface area (Å²) in [5, 5.41) is 16.8. The highest BCUT2D eigenvalue weighted by molar-refractivity contribution is 5.90. The minimum atomic E-state index is 0.0642. The lowest BCUT2D eigenvalue weighted by atomic mass is 10.2. The van der Waals surface area contributed by atoms with Gasteiger partial charge in [0.05, 0.1) is 12.1 Å². The predicted octanol–water partition coefficient (Wildman–Crippen LogP) is 2.47. The number of benzene rings is 2. The smallest absolute Gasteiger partial charge is 0.228 e. The van der Waals surface area contributed by atoms with E-state index in [4.69, 9.17) is 15.1 Å². The summed E-state index contributed by atoms with van der Waals surface area (Å²) < 4.78 is 0. The lowest BCUT2D eigenvalue weighted by molar-refractivity contribution is 0.311. The second-order valence-corrected chi connectivity index (χ2v) is 6.05. The Morgan fingerprint density at radius 3 is 2.84 bits per heavy atom. The fourth-order valence-corrected chi connectivity index (χ4v) is 3.13. The van der Waals surface area contributed by atoms with Crippen LogP contribution in [0.4, 0.5) is 17.5 Å². The van der Waals surface area contributed by atoms with Crippen molar-refractivity contribution in [2.75, 3.05) is 41.8 Å². The minimum absolute atomic E-state index is 0.0642. The average molecular weight is 335 g/mol. The van der Waals surface area contributed by atoms with Gasteiger partial charge in [0, 0.05) is 37.3 Å². The maximum atomic E-state index is 9.14. The van der Waals surface area contributed by atoms with Gasteiger partial charge in [-0.15, -0.1) is 0 Å². The van der Waals surface area contributed by atoms with Crippen molar-refractivity contribution in [2.24, 2.45) is 0 Å². The van der Waals surface area contributed by atoms with Gasteiger partial charge in [0.1, 0.15) is 5.82 Å². The fourth-order valence-electron chi connectivity index (χ4n) is 3.13. The molecule has 3 aromatic rings. The normalized spacial score (nSPS) is 13.9. The summed E-state index contributed by atoms with van der Waals surface area (Å²) in [6.07, 6.45) is 0. The molecule has 2 aromatic carbocycles. The Morgan fingerprint density at radius 1 is 1.08 bits per heavy atom. The Kier molecular flexibility index (Phi) is 4.35. The Hall–Kier alpha value is -2.86. The maximum absolute atomic E-state index is 9.14. The number of aliphatic hydroxyl groups excluding tert-OH is 1. The number of hydrogen-bond acceptors (Lipinski definition) is 6. The Balaban J connectivity index is 1.73. The first kappa shape index (κ1) is 15.7. The van der Waals surface area contributed by atoms with Crippen LogP contribution in [0.5, 0.6) is 0 Å². The topological polar surface area (TPSA) is 73.3 Å². The van der Waals surface area contributed by atoms with Crippen molar-refractivity contribution in [2.45, 2.75) is 6.54 Å². The first-order chi connectivity index (χ1) is 12.3. The molecule has 0 atom stereocenters. The van der Waals surface area contributed by atoms with Crippen LogP contribution in [0.2, 0.25) is 0 Å². The van der Waals surface area contributed by atoms with Gasteiger partial charge in [0.25, 0.3) is 0 Å². The molecule has 0 bridgehead atoms. The molecule has 2 heterocycles. The van der Waals surface area contributed by atoms with Crippen LogP contribution in [0, 0.1) is 0 Å². The lowest BCUT2D eigenvalue weighted by Gasteiger charge is -2.21. The molecule has 0 saturated heterocycles. The molecule has 25 heavy (non-hydrogen) atoms. The molecule has 0 fully saturated rings. The number of rotatable bonds is 4. The van der Waals surface area contributed by atoms with Gasteiger partial charge < -0.3 is 20.6 Å². The van der Waals surface area contributed by atoms with Crippen molar-refractivity contribution >= 4 is 28.4 Å². The van der Waals surface area contributed by atoms with E-state index in [-0.39, 0.29) is 6.61 Å². The van der Waals surface area contributed by atoms with Gasteiger partial charge in [0.15, 0.2) is 0 Å². The molecule has 4 rings (SSSR count). The number of aromatic nitrogens is 2. The molecule has 0 aliphatic carbocycles. The zero-order valence-corrected chi connectivity index (χ0v) is 13.9. The molecule has 6 nitrogen and oxygen atoms in total. The van der Waals surface area contributed by atoms with E-state index in [1.807, 2.05) is 30.3 Å². The predicted molar refractivity (Wildman–Crippen MR) is 101 cm³/mol. The monoisotopic (exact) mass is 335 g/mol. The van der Waals surface area contributed by atoms with E-state index in [1.54, 1.807) is 0 Å². The van der Waals surface area contributed by atoms with Crippen LogP contribution in [0.3, 0.4) is 0 Å². The number of aliphatic hydroxyl groups is 1. The summed E-state index contributed by atoms with van der Waals surface area (Å²) in [7, 11) is 0. The number of nitrogens with one attached hydrogen (secondary N) is 2. The summed E-state index contributed by atoms with van der Waals surface area (Å²) in [6.45, 7) is 2.96. The first-order valence-electron chi connectivity index (χ1n) is 8.53. The third-order valence-corrected chi connectivity index (χ3v) is 4.35. The molecule has 0 unspecified atom stereocenters. The number of hydrogen-bond donors (Lipinski definition) is 3. The highest BCUT2D eigenvalue weighted by Gasteiger charge is 2.18. The van der Waals surface area contributed by atoms with E-state index in [0.29, 0.717) is 12.5 Å². The van der Waals surface area contributed by atoms with Gasteiger partial charge in [0.2, 0.25) is 5.95 Å². The third-order valence-electron chi connectivity index (χ3n) is 4.35. The van der Waals surface area contributed by atoms with Crippen molar-refractivity contribution < 1.29 is 5.11 Å². The quantitative estimate of drug-likeness (QED) is 0.680. The molecule has 3 N–H and O–H groups in total. The van der Waals surface area contributed by atoms with Crippen molar-refractivity contribution in [3.05, 3.63) is 54.1 Å². The summed E-state index contributed by atoms with van der Waals surface area (Å²) in [5.74, 6) is 1.47. The summed E-state index contributed by atoms with van der Waals surface area (Å²) >= 11 is 0. The number of nitrogens with zero attached hydrogens (tertiary/aromatic N) is 3. The molecule has 0 saturated carbocycles. The summed E-state index contributed by atoms with van der Waals surface area (Å²) in [6, 6.07) is 16.3. The zero-order chi connectivity index (χ0) is 17.1. The molecule has 1 aliphatic rings. The SMILES string of the molecule is OCCNc1nc(N2CCNc3ccccc3C2)nc2ccccc12. The molecule has 0 spiro atoms. The van der Waals surface area contributed by atoms with Crippen LogP contribution in [0.1, 0.15) is 5.56 Å². The second-order valence-electron chi connectivity index (χ2n) is 6.05. The average Bonchev–Trinajstić information content (AvgIpc) is 2.88. The van der Waals surface area contributed by atoms with E-state index in [1.165, 1.54) is 11.3 Å². The van der Waals surface area contributed by atoms with Gasteiger partial charge in [-0.25, -0.2) is 4.98 Å². The van der Waals surface area contributed by atoms with Gasteiger partial charge in [-0.1, -0.05) is 30.3 Å². The van der Waals surface area contributed by atoms with Crippen molar-refractivity contribution in [1.82, 2.24) is 9.97 Å². The van der Waals surface area contributed by atoms with E-state index in [9.17, 15) is 0 Å². The van der Waals surface area contributed by atoms with Crippen LogP contribution in [-0.2, 0) is 6.54 Å².